The zero-order valence-corrected chi connectivity index (χ0v) is 33.2. The van der Waals surface area contributed by atoms with Gasteiger partial charge < -0.3 is 4.90 Å². The molecule has 0 unspecified atom stereocenters. The lowest BCUT2D eigenvalue weighted by Gasteiger charge is -2.33. The molecule has 0 N–H and O–H groups in total. The number of rotatable bonds is 5. The standard InChI is InChI=1S/C57H45N/c1-56(2)49-22-10-5-18-43(49)47-33-31-40(35-53(47)56)58(55-26-14-9-17-42(55)39-29-27-38(28-30-39)37-15-3-4-16-37)41-32-34-48-46-21-8-13-25-52(46)57(54(48)36-41)50-23-11-6-19-44(50)45-20-7-12-24-51(45)57/h5-14,17-37H,3-4,15-16H2,1-2H3. The second kappa shape index (κ2) is 12.5. The van der Waals surface area contributed by atoms with Crippen LogP contribution < -0.4 is 4.90 Å². The molecular weight excluding hydrogens is 699 g/mol. The third-order valence-corrected chi connectivity index (χ3v) is 14.3. The summed E-state index contributed by atoms with van der Waals surface area (Å²) in [6.45, 7) is 4.77. The van der Waals surface area contributed by atoms with Gasteiger partial charge in [0.15, 0.2) is 0 Å². The van der Waals surface area contributed by atoms with Gasteiger partial charge in [0.25, 0.3) is 0 Å². The van der Waals surface area contributed by atoms with E-state index in [1.54, 1.807) is 0 Å². The lowest BCUT2D eigenvalue weighted by molar-refractivity contribution is 0.660. The number of para-hydroxylation sites is 1. The van der Waals surface area contributed by atoms with E-state index in [4.69, 9.17) is 0 Å². The van der Waals surface area contributed by atoms with Crippen molar-refractivity contribution >= 4 is 17.1 Å². The van der Waals surface area contributed by atoms with E-state index in [2.05, 4.69) is 201 Å². The average Bonchev–Trinajstić information content (AvgIpc) is 4.04. The molecule has 1 spiro atoms. The smallest absolute Gasteiger partial charge is 0.0726 e. The molecule has 0 atom stereocenters. The van der Waals surface area contributed by atoms with Gasteiger partial charge in [-0.2, -0.15) is 0 Å². The van der Waals surface area contributed by atoms with Gasteiger partial charge in [-0.15, -0.1) is 0 Å². The SMILES string of the molecule is CC1(C)c2ccccc2-c2ccc(N(c3ccc4c(c3)C3(c5ccccc5-c5ccccc53)c3ccccc3-4)c3ccccc3-c3ccc(C4CCCC4)cc3)cc21. The van der Waals surface area contributed by atoms with Gasteiger partial charge in [-0.05, 0) is 127 Å². The van der Waals surface area contributed by atoms with Crippen molar-refractivity contribution in [3.63, 3.8) is 0 Å². The van der Waals surface area contributed by atoms with E-state index in [1.165, 1.54) is 121 Å². The fraction of sp³-hybridized carbons (Fsp3) is 0.158. The molecular formula is C57H45N. The van der Waals surface area contributed by atoms with Crippen LogP contribution >= 0.6 is 0 Å². The van der Waals surface area contributed by atoms with Gasteiger partial charge >= 0.3 is 0 Å². The molecule has 0 bridgehead atoms. The van der Waals surface area contributed by atoms with Gasteiger partial charge in [-0.3, -0.25) is 0 Å². The summed E-state index contributed by atoms with van der Waals surface area (Å²) in [7, 11) is 0. The first-order valence-electron chi connectivity index (χ1n) is 21.2. The van der Waals surface area contributed by atoms with Gasteiger partial charge in [-0.1, -0.05) is 178 Å². The molecule has 0 heterocycles. The Hall–Kier alpha value is -6.44. The Morgan fingerprint density at radius 2 is 0.828 bits per heavy atom. The molecule has 278 valence electrons. The van der Waals surface area contributed by atoms with Crippen molar-refractivity contribution in [1.82, 2.24) is 0 Å². The maximum absolute atomic E-state index is 2.54. The average molecular weight is 744 g/mol. The highest BCUT2D eigenvalue weighted by Crippen LogP contribution is 2.63. The van der Waals surface area contributed by atoms with Crippen LogP contribution in [0.5, 0.6) is 0 Å². The molecule has 8 aromatic carbocycles. The summed E-state index contributed by atoms with van der Waals surface area (Å²) in [6.07, 6.45) is 5.30. The lowest BCUT2D eigenvalue weighted by atomic mass is 9.70. The Morgan fingerprint density at radius 3 is 1.40 bits per heavy atom. The summed E-state index contributed by atoms with van der Waals surface area (Å²) in [5.41, 5.74) is 23.1. The van der Waals surface area contributed by atoms with Gasteiger partial charge in [-0.25, -0.2) is 0 Å². The summed E-state index contributed by atoms with van der Waals surface area (Å²) < 4.78 is 0. The molecule has 0 saturated heterocycles. The van der Waals surface area contributed by atoms with E-state index < -0.39 is 5.41 Å². The molecule has 0 aliphatic heterocycles. The van der Waals surface area contributed by atoms with Crippen LogP contribution in [0.15, 0.2) is 182 Å². The number of anilines is 3. The predicted molar refractivity (Wildman–Crippen MR) is 242 cm³/mol. The van der Waals surface area contributed by atoms with Crippen LogP contribution in [0.1, 0.15) is 84.4 Å². The number of fused-ring (bicyclic) bond motifs is 13. The van der Waals surface area contributed by atoms with Gasteiger partial charge in [0.05, 0.1) is 11.1 Å². The summed E-state index contributed by atoms with van der Waals surface area (Å²) in [5, 5.41) is 0. The van der Waals surface area contributed by atoms with Crippen molar-refractivity contribution in [2.75, 3.05) is 4.90 Å². The topological polar surface area (TPSA) is 3.24 Å². The van der Waals surface area contributed by atoms with Crippen LogP contribution in [0.3, 0.4) is 0 Å². The van der Waals surface area contributed by atoms with Gasteiger partial charge in [0.2, 0.25) is 0 Å². The van der Waals surface area contributed by atoms with Crippen LogP contribution in [0.2, 0.25) is 0 Å². The van der Waals surface area contributed by atoms with Crippen molar-refractivity contribution in [2.24, 2.45) is 0 Å². The highest BCUT2D eigenvalue weighted by Gasteiger charge is 2.51. The molecule has 0 radical (unpaired) electrons. The Labute approximate surface area is 342 Å². The minimum absolute atomic E-state index is 0.121. The molecule has 4 aliphatic rings. The van der Waals surface area contributed by atoms with Crippen LogP contribution in [0, 0.1) is 0 Å². The number of benzene rings is 8. The van der Waals surface area contributed by atoms with Crippen LogP contribution in [0.4, 0.5) is 17.1 Å². The molecule has 4 aliphatic carbocycles. The Bertz CT molecular complexity index is 2880. The lowest BCUT2D eigenvalue weighted by Crippen LogP contribution is -2.26. The highest BCUT2D eigenvalue weighted by molar-refractivity contribution is 5.97. The first-order chi connectivity index (χ1) is 28.5. The quantitative estimate of drug-likeness (QED) is 0.170. The van der Waals surface area contributed by atoms with Crippen molar-refractivity contribution in [3.8, 4) is 44.5 Å². The summed E-state index contributed by atoms with van der Waals surface area (Å²) >= 11 is 0. The summed E-state index contributed by atoms with van der Waals surface area (Å²) in [4.78, 5) is 2.54. The van der Waals surface area contributed by atoms with E-state index in [9.17, 15) is 0 Å². The van der Waals surface area contributed by atoms with Crippen LogP contribution in [0.25, 0.3) is 44.5 Å². The number of nitrogens with zero attached hydrogens (tertiary/aromatic N) is 1. The first kappa shape index (κ1) is 33.7. The van der Waals surface area contributed by atoms with E-state index >= 15 is 0 Å². The normalized spacial score (nSPS) is 16.0. The van der Waals surface area contributed by atoms with Crippen molar-refractivity contribution < 1.29 is 0 Å². The molecule has 1 fully saturated rings. The number of hydrogen-bond acceptors (Lipinski definition) is 1. The van der Waals surface area contributed by atoms with Crippen molar-refractivity contribution in [3.05, 3.63) is 221 Å². The first-order valence-corrected chi connectivity index (χ1v) is 21.2. The van der Waals surface area contributed by atoms with Crippen molar-refractivity contribution in [1.29, 1.82) is 0 Å². The fourth-order valence-electron chi connectivity index (χ4n) is 11.6. The maximum atomic E-state index is 2.54. The minimum atomic E-state index is -0.419. The highest BCUT2D eigenvalue weighted by atomic mass is 15.1. The second-order valence-electron chi connectivity index (χ2n) is 17.5. The van der Waals surface area contributed by atoms with E-state index in [1.807, 2.05) is 0 Å². The fourth-order valence-corrected chi connectivity index (χ4v) is 11.6. The molecule has 12 rings (SSSR count). The van der Waals surface area contributed by atoms with Crippen molar-refractivity contribution in [2.45, 2.75) is 56.3 Å². The van der Waals surface area contributed by atoms with Gasteiger partial charge in [0, 0.05) is 22.4 Å². The molecule has 1 saturated carbocycles. The third kappa shape index (κ3) is 4.59. The van der Waals surface area contributed by atoms with E-state index in [0.717, 1.165) is 5.69 Å². The number of hydrogen-bond donors (Lipinski definition) is 0. The second-order valence-corrected chi connectivity index (χ2v) is 17.5. The molecule has 58 heavy (non-hydrogen) atoms. The summed E-state index contributed by atoms with van der Waals surface area (Å²) in [5.74, 6) is 0.688. The third-order valence-electron chi connectivity index (χ3n) is 14.3. The molecule has 8 aromatic rings. The molecule has 1 heteroatoms. The van der Waals surface area contributed by atoms with E-state index in [-0.39, 0.29) is 5.41 Å². The molecule has 0 amide bonds. The molecule has 1 nitrogen and oxygen atoms in total. The summed E-state index contributed by atoms with van der Waals surface area (Å²) in [6, 6.07) is 69.4. The predicted octanol–water partition coefficient (Wildman–Crippen LogP) is 15.1. The Kier molecular flexibility index (Phi) is 7.27. The van der Waals surface area contributed by atoms with Crippen LogP contribution in [-0.2, 0) is 10.8 Å². The van der Waals surface area contributed by atoms with Crippen LogP contribution in [-0.4, -0.2) is 0 Å². The van der Waals surface area contributed by atoms with E-state index in [0.29, 0.717) is 5.92 Å². The maximum Gasteiger partial charge on any atom is 0.0726 e. The minimum Gasteiger partial charge on any atom is -0.310 e. The Morgan fingerprint density at radius 1 is 0.397 bits per heavy atom. The molecule has 0 aromatic heterocycles. The van der Waals surface area contributed by atoms with Gasteiger partial charge in [0.1, 0.15) is 0 Å². The largest absolute Gasteiger partial charge is 0.310 e. The Balaban J connectivity index is 1.10. The zero-order chi connectivity index (χ0) is 38.6. The monoisotopic (exact) mass is 743 g/mol. The zero-order valence-electron chi connectivity index (χ0n) is 33.2.